The Labute approximate surface area is 297 Å². The second kappa shape index (κ2) is 13.9. The zero-order valence-corrected chi connectivity index (χ0v) is 28.3. The number of amides is 1. The smallest absolute Gasteiger partial charge is 0.358 e. The first-order valence-corrected chi connectivity index (χ1v) is 16.7. The van der Waals surface area contributed by atoms with Gasteiger partial charge in [-0.1, -0.05) is 35.7 Å². The monoisotopic (exact) mass is 706 g/mol. The number of carbonyl (C=O) groups is 3. The minimum atomic E-state index is -1.15. The zero-order chi connectivity index (χ0) is 35.8. The maximum atomic E-state index is 15.5. The first-order valence-electron chi connectivity index (χ1n) is 16.3. The van der Waals surface area contributed by atoms with Crippen LogP contribution in [-0.2, 0) is 17.8 Å². The van der Waals surface area contributed by atoms with E-state index in [2.05, 4.69) is 15.9 Å². The van der Waals surface area contributed by atoms with Crippen molar-refractivity contribution in [3.63, 3.8) is 0 Å². The number of hydrogen-bond donors (Lipinski definition) is 1. The summed E-state index contributed by atoms with van der Waals surface area (Å²) in [5, 5.41) is 10.4. The Morgan fingerprint density at radius 2 is 1.69 bits per heavy atom. The molecule has 3 aromatic carbocycles. The van der Waals surface area contributed by atoms with Crippen LogP contribution in [0.1, 0.15) is 84.7 Å². The summed E-state index contributed by atoms with van der Waals surface area (Å²) in [5.74, 6) is 0.303. The summed E-state index contributed by atoms with van der Waals surface area (Å²) in [6.07, 6.45) is 10.6. The fraction of sp³-hybridized carbons (Fsp3) is 0.237. The highest BCUT2D eigenvalue weighted by atomic mass is 35.5. The van der Waals surface area contributed by atoms with Crippen molar-refractivity contribution in [3.8, 4) is 23.7 Å². The number of carboxylic acid groups (broad SMARTS) is 1. The van der Waals surface area contributed by atoms with Crippen LogP contribution in [0.15, 0.2) is 73.3 Å². The normalized spacial score (nSPS) is 15.1. The number of carboxylic acids is 1. The van der Waals surface area contributed by atoms with Crippen LogP contribution in [0.25, 0.3) is 11.4 Å². The maximum Gasteiger partial charge on any atom is 0.358 e. The Balaban J connectivity index is 1.07. The molecule has 51 heavy (non-hydrogen) atoms. The molecule has 5 aromatic rings. The van der Waals surface area contributed by atoms with Crippen molar-refractivity contribution < 1.29 is 28.6 Å². The minimum Gasteiger partial charge on any atom is -0.476 e. The first-order chi connectivity index (χ1) is 24.7. The van der Waals surface area contributed by atoms with Gasteiger partial charge in [0.15, 0.2) is 11.4 Å². The number of aromatic nitrogens is 4. The maximum absolute atomic E-state index is 15.5. The molecule has 1 atom stereocenters. The molecule has 0 saturated carbocycles. The Morgan fingerprint density at radius 1 is 0.961 bits per heavy atom. The molecular formula is C38H32ClFN6O5. The number of imidazole rings is 2. The number of aromatic carboxylic acids is 1. The summed E-state index contributed by atoms with van der Waals surface area (Å²) < 4.78 is 24.6. The van der Waals surface area contributed by atoms with Crippen LogP contribution < -0.4 is 0 Å². The van der Waals surface area contributed by atoms with Gasteiger partial charge in [-0.25, -0.2) is 23.9 Å². The van der Waals surface area contributed by atoms with Crippen LogP contribution in [0.3, 0.4) is 0 Å². The molecule has 258 valence electrons. The molecule has 0 aliphatic carbocycles. The quantitative estimate of drug-likeness (QED) is 0.112. The molecular weight excluding hydrogens is 675 g/mol. The van der Waals surface area contributed by atoms with Crippen LogP contribution in [-0.4, -0.2) is 72.1 Å². The number of nitrogens with zero attached hydrogens (tertiary/aromatic N) is 6. The average Bonchev–Trinajstić information content (AvgIpc) is 3.68. The minimum absolute atomic E-state index is 0.0758. The highest BCUT2D eigenvalue weighted by Crippen LogP contribution is 2.39. The van der Waals surface area contributed by atoms with Gasteiger partial charge in [-0.15, -0.1) is 6.42 Å². The molecule has 0 fully saturated rings. The molecule has 0 saturated heterocycles. The Bertz CT molecular complexity index is 2240. The Morgan fingerprint density at radius 3 is 2.45 bits per heavy atom. The lowest BCUT2D eigenvalue weighted by molar-refractivity contribution is 0.0485. The third kappa shape index (κ3) is 6.26. The van der Waals surface area contributed by atoms with E-state index in [1.54, 1.807) is 58.6 Å². The van der Waals surface area contributed by atoms with Crippen molar-refractivity contribution in [2.75, 3.05) is 20.2 Å². The second-order valence-electron chi connectivity index (χ2n) is 12.5. The van der Waals surface area contributed by atoms with Crippen molar-refractivity contribution >= 4 is 29.4 Å². The molecule has 13 heteroatoms. The van der Waals surface area contributed by atoms with E-state index in [4.69, 9.17) is 22.8 Å². The summed E-state index contributed by atoms with van der Waals surface area (Å²) in [6.45, 7) is 0.943. The number of terminal acetylenes is 1. The van der Waals surface area contributed by atoms with E-state index < -0.39 is 18.0 Å². The molecule has 1 unspecified atom stereocenters. The van der Waals surface area contributed by atoms with Gasteiger partial charge in [0.2, 0.25) is 0 Å². The number of esters is 1. The van der Waals surface area contributed by atoms with Gasteiger partial charge in [0, 0.05) is 29.7 Å². The Hall–Kier alpha value is -5.77. The SMILES string of the molecule is C#Cc1ccc2c(c1)C(c1ccccc1F)N(CCCCCOC(=O)c1ncn3c1CN(C)C(=O)c1cc(Cl)ccc1-3)Cc1c(C(=O)O)ncn1-2. The third-order valence-corrected chi connectivity index (χ3v) is 9.54. The van der Waals surface area contributed by atoms with E-state index in [0.717, 1.165) is 5.56 Å². The fourth-order valence-corrected chi connectivity index (χ4v) is 7.04. The summed E-state index contributed by atoms with van der Waals surface area (Å²) >= 11 is 6.16. The van der Waals surface area contributed by atoms with Gasteiger partial charge in [-0.05, 0) is 73.8 Å². The van der Waals surface area contributed by atoms with Gasteiger partial charge in [0.05, 0.1) is 47.5 Å². The van der Waals surface area contributed by atoms with Gasteiger partial charge in [-0.3, -0.25) is 14.3 Å². The predicted molar refractivity (Wildman–Crippen MR) is 186 cm³/mol. The number of hydrogen-bond acceptors (Lipinski definition) is 7. The molecule has 2 aliphatic rings. The molecule has 1 N–H and O–H groups in total. The molecule has 2 aliphatic heterocycles. The lowest BCUT2D eigenvalue weighted by atomic mass is 9.93. The molecule has 2 aromatic heterocycles. The molecule has 1 amide bonds. The van der Waals surface area contributed by atoms with Crippen LogP contribution in [0.5, 0.6) is 0 Å². The summed E-state index contributed by atoms with van der Waals surface area (Å²) in [5.41, 5.74) is 4.50. The molecule has 0 radical (unpaired) electrons. The van der Waals surface area contributed by atoms with Crippen LogP contribution in [0.2, 0.25) is 5.02 Å². The molecule has 0 bridgehead atoms. The Kier molecular flexibility index (Phi) is 9.16. The molecule has 0 spiro atoms. The number of halogens is 2. The van der Waals surface area contributed by atoms with Crippen LogP contribution in [0.4, 0.5) is 4.39 Å². The number of carbonyl (C=O) groups excluding carboxylic acids is 2. The van der Waals surface area contributed by atoms with Gasteiger partial charge in [0.1, 0.15) is 18.5 Å². The standard InChI is InChI=1S/C38H32ClFN6O5/c1-3-23-11-13-29-26(17-23)35(25-9-5-6-10-28(25)40)44(20-32-33(37(48)49)41-21-45(29)32)15-7-4-8-16-51-38(50)34-31-19-43(2)36(47)27-18-24(39)12-14-30(27)46(31)22-42-34/h1,5-6,9-14,17-18,21-22,35H,4,7-8,15-16,19-20H2,2H3,(H,48,49). The first kappa shape index (κ1) is 33.7. The zero-order valence-electron chi connectivity index (χ0n) is 27.6. The van der Waals surface area contributed by atoms with Gasteiger partial charge in [0.25, 0.3) is 5.91 Å². The highest BCUT2D eigenvalue weighted by molar-refractivity contribution is 6.31. The number of rotatable bonds is 9. The van der Waals surface area contributed by atoms with E-state index in [9.17, 15) is 19.5 Å². The van der Waals surface area contributed by atoms with Gasteiger partial charge >= 0.3 is 11.9 Å². The van der Waals surface area contributed by atoms with Crippen molar-refractivity contribution in [2.45, 2.75) is 38.4 Å². The van der Waals surface area contributed by atoms with E-state index in [-0.39, 0.29) is 42.8 Å². The van der Waals surface area contributed by atoms with E-state index in [0.29, 0.717) is 70.3 Å². The second-order valence-corrected chi connectivity index (χ2v) is 12.9. The lowest BCUT2D eigenvalue weighted by Gasteiger charge is -2.31. The lowest BCUT2D eigenvalue weighted by Crippen LogP contribution is -2.31. The van der Waals surface area contributed by atoms with Crippen molar-refractivity contribution in [1.82, 2.24) is 28.9 Å². The van der Waals surface area contributed by atoms with E-state index in [1.165, 1.54) is 23.6 Å². The van der Waals surface area contributed by atoms with Crippen molar-refractivity contribution in [1.29, 1.82) is 0 Å². The summed E-state index contributed by atoms with van der Waals surface area (Å²) in [6, 6.07) is 16.4. The molecule has 11 nitrogen and oxygen atoms in total. The largest absolute Gasteiger partial charge is 0.476 e. The van der Waals surface area contributed by atoms with Gasteiger partial charge in [-0.2, -0.15) is 0 Å². The van der Waals surface area contributed by atoms with Crippen LogP contribution in [0, 0.1) is 18.2 Å². The third-order valence-electron chi connectivity index (χ3n) is 9.30. The number of benzene rings is 3. The van der Waals surface area contributed by atoms with E-state index >= 15 is 4.39 Å². The van der Waals surface area contributed by atoms with Crippen molar-refractivity contribution in [3.05, 3.63) is 129 Å². The topological polar surface area (TPSA) is 123 Å². The van der Waals surface area contributed by atoms with Crippen molar-refractivity contribution in [2.24, 2.45) is 0 Å². The molecule has 4 heterocycles. The van der Waals surface area contributed by atoms with E-state index in [1.807, 2.05) is 17.0 Å². The number of unbranched alkanes of at least 4 members (excludes halogenated alkanes) is 2. The predicted octanol–water partition coefficient (Wildman–Crippen LogP) is 6.05. The molecule has 7 rings (SSSR count). The highest BCUT2D eigenvalue weighted by Gasteiger charge is 2.34. The average molecular weight is 707 g/mol. The summed E-state index contributed by atoms with van der Waals surface area (Å²) in [4.78, 5) is 50.5. The van der Waals surface area contributed by atoms with Gasteiger partial charge < -0.3 is 19.3 Å². The van der Waals surface area contributed by atoms with Crippen LogP contribution >= 0.6 is 11.6 Å². The fourth-order valence-electron chi connectivity index (χ4n) is 6.86. The summed E-state index contributed by atoms with van der Waals surface area (Å²) in [7, 11) is 1.65. The number of fused-ring (bicyclic) bond motifs is 6. The number of ether oxygens (including phenoxy) is 1.